The van der Waals surface area contributed by atoms with Crippen molar-refractivity contribution >= 4 is 17.7 Å². The monoisotopic (exact) mass is 383 g/mol. The largest absolute Gasteiger partial charge is 0.384 e. The predicted molar refractivity (Wildman–Crippen MR) is 90.8 cm³/mol. The first kappa shape index (κ1) is 19.7. The Hall–Kier alpha value is -2.01. The van der Waals surface area contributed by atoms with Crippen LogP contribution in [-0.2, 0) is 28.6 Å². The number of carbonyl (C=O) groups excluding carboxylic acids is 3. The Kier molecular flexibility index (Phi) is 4.38. The van der Waals surface area contributed by atoms with Crippen molar-refractivity contribution in [1.82, 2.24) is 16.0 Å². The second-order valence-corrected chi connectivity index (χ2v) is 7.78. The summed E-state index contributed by atoms with van der Waals surface area (Å²) in [6.07, 6.45) is -1.40. The molecule has 4 aliphatic rings. The van der Waals surface area contributed by atoms with E-state index in [-0.39, 0.29) is 25.2 Å². The highest BCUT2D eigenvalue weighted by Crippen LogP contribution is 2.39. The lowest BCUT2D eigenvalue weighted by molar-refractivity contribution is -0.235. The zero-order valence-electron chi connectivity index (χ0n) is 15.8. The molecule has 10 heteroatoms. The smallest absolute Gasteiger partial charge is 0.278 e. The van der Waals surface area contributed by atoms with E-state index in [1.54, 1.807) is 20.8 Å². The van der Waals surface area contributed by atoms with Crippen LogP contribution in [0.1, 0.15) is 34.1 Å². The molecule has 0 aromatic rings. The van der Waals surface area contributed by atoms with E-state index in [2.05, 4.69) is 22.5 Å². The summed E-state index contributed by atoms with van der Waals surface area (Å²) in [4.78, 5) is 37.6. The third-order valence-electron chi connectivity index (χ3n) is 5.05. The first-order valence-corrected chi connectivity index (χ1v) is 8.65. The van der Waals surface area contributed by atoms with Crippen LogP contribution in [0.5, 0.6) is 0 Å². The SMILES string of the molecule is C=C1CCO[C@]2([C@@H](O)[C@@]3(C)COC(C)(C)O3)NC(=O)[C@@]1(NC(C)=O)NC2=O. The second-order valence-electron chi connectivity index (χ2n) is 7.78. The first-order chi connectivity index (χ1) is 12.4. The van der Waals surface area contributed by atoms with Gasteiger partial charge in [0.1, 0.15) is 11.7 Å². The number of carbonyl (C=O) groups is 3. The summed E-state index contributed by atoms with van der Waals surface area (Å²) in [5.41, 5.74) is -4.96. The standard InChI is InChI=1S/C17H25N3O7/c1-9-6-7-25-17(11(22)15(5)8-26-14(3,4)27-15)13(24)19-16(9,12(23)20-17)18-10(2)21/h11,22H,1,6-8H2,2-5H3,(H,18,21)(H,19,24)(H,20,23)/t11-,15+,16-,17-/m0/s1. The third-order valence-corrected chi connectivity index (χ3v) is 5.05. The molecule has 0 aromatic carbocycles. The van der Waals surface area contributed by atoms with Gasteiger partial charge in [-0.15, -0.1) is 0 Å². The lowest BCUT2D eigenvalue weighted by Gasteiger charge is -2.51. The maximum Gasteiger partial charge on any atom is 0.278 e. The van der Waals surface area contributed by atoms with E-state index in [1.807, 2.05) is 0 Å². The molecule has 4 rings (SSSR count). The molecular formula is C17H25N3O7. The van der Waals surface area contributed by atoms with Gasteiger partial charge in [0.15, 0.2) is 5.79 Å². The van der Waals surface area contributed by atoms with Crippen LogP contribution in [0.4, 0.5) is 0 Å². The molecule has 4 N–H and O–H groups in total. The van der Waals surface area contributed by atoms with Gasteiger partial charge >= 0.3 is 0 Å². The van der Waals surface area contributed by atoms with Crippen molar-refractivity contribution in [2.24, 2.45) is 0 Å². The van der Waals surface area contributed by atoms with E-state index < -0.39 is 46.6 Å². The lowest BCUT2D eigenvalue weighted by Crippen LogP contribution is -2.85. The maximum atomic E-state index is 13.0. The van der Waals surface area contributed by atoms with Crippen molar-refractivity contribution in [3.05, 3.63) is 12.2 Å². The molecule has 4 heterocycles. The fourth-order valence-electron chi connectivity index (χ4n) is 3.73. The number of fused-ring (bicyclic) bond motifs is 5. The topological polar surface area (TPSA) is 135 Å². The van der Waals surface area contributed by atoms with Crippen LogP contribution in [0.2, 0.25) is 0 Å². The molecule has 27 heavy (non-hydrogen) atoms. The fraction of sp³-hybridized carbons (Fsp3) is 0.706. The summed E-state index contributed by atoms with van der Waals surface area (Å²) >= 11 is 0. The van der Waals surface area contributed by atoms with E-state index in [1.165, 1.54) is 6.92 Å². The molecule has 4 atom stereocenters. The number of piperazine rings is 1. The summed E-state index contributed by atoms with van der Waals surface area (Å²) < 4.78 is 17.0. The summed E-state index contributed by atoms with van der Waals surface area (Å²) in [6, 6.07) is 0. The molecule has 0 aliphatic carbocycles. The van der Waals surface area contributed by atoms with Gasteiger partial charge in [-0.05, 0) is 32.8 Å². The van der Waals surface area contributed by atoms with Crippen molar-refractivity contribution in [2.75, 3.05) is 13.2 Å². The van der Waals surface area contributed by atoms with Crippen LogP contribution >= 0.6 is 0 Å². The highest BCUT2D eigenvalue weighted by molar-refractivity contribution is 6.05. The Morgan fingerprint density at radius 3 is 2.44 bits per heavy atom. The van der Waals surface area contributed by atoms with E-state index in [0.717, 1.165) is 0 Å². The van der Waals surface area contributed by atoms with Gasteiger partial charge in [0.2, 0.25) is 11.6 Å². The summed E-state index contributed by atoms with van der Waals surface area (Å²) in [5, 5.41) is 18.5. The minimum atomic E-state index is -2.10. The Morgan fingerprint density at radius 2 is 1.89 bits per heavy atom. The van der Waals surface area contributed by atoms with Gasteiger partial charge in [-0.2, -0.15) is 0 Å². The normalized spacial score (nSPS) is 39.2. The zero-order valence-corrected chi connectivity index (χ0v) is 15.8. The first-order valence-electron chi connectivity index (χ1n) is 8.65. The van der Waals surface area contributed by atoms with Crippen molar-refractivity contribution in [3.63, 3.8) is 0 Å². The molecule has 4 fully saturated rings. The van der Waals surface area contributed by atoms with Crippen molar-refractivity contribution in [2.45, 2.75) is 63.0 Å². The number of hydrogen-bond acceptors (Lipinski definition) is 7. The molecule has 4 aliphatic heterocycles. The van der Waals surface area contributed by atoms with Gasteiger partial charge in [-0.25, -0.2) is 0 Å². The van der Waals surface area contributed by atoms with Gasteiger partial charge in [-0.3, -0.25) is 14.4 Å². The van der Waals surface area contributed by atoms with Crippen LogP contribution in [-0.4, -0.2) is 64.9 Å². The molecular weight excluding hydrogens is 358 g/mol. The molecule has 0 radical (unpaired) electrons. The molecule has 10 nitrogen and oxygen atoms in total. The van der Waals surface area contributed by atoms with Gasteiger partial charge in [-0.1, -0.05) is 6.58 Å². The predicted octanol–water partition coefficient (Wildman–Crippen LogP) is -1.36. The average molecular weight is 383 g/mol. The van der Waals surface area contributed by atoms with E-state index in [4.69, 9.17) is 14.2 Å². The molecule has 0 unspecified atom stereocenters. The van der Waals surface area contributed by atoms with Crippen molar-refractivity contribution in [1.29, 1.82) is 0 Å². The minimum Gasteiger partial charge on any atom is -0.384 e. The van der Waals surface area contributed by atoms with Crippen LogP contribution in [0, 0.1) is 0 Å². The quantitative estimate of drug-likeness (QED) is 0.442. The van der Waals surface area contributed by atoms with Gasteiger partial charge in [0.25, 0.3) is 17.5 Å². The minimum absolute atomic E-state index is 0.00867. The molecule has 4 saturated heterocycles. The Bertz CT molecular complexity index is 723. The number of amides is 3. The fourth-order valence-corrected chi connectivity index (χ4v) is 3.73. The van der Waals surface area contributed by atoms with Crippen LogP contribution in [0.3, 0.4) is 0 Å². The van der Waals surface area contributed by atoms with Crippen LogP contribution in [0.15, 0.2) is 12.2 Å². The van der Waals surface area contributed by atoms with Gasteiger partial charge in [0.05, 0.1) is 13.2 Å². The molecule has 2 bridgehead atoms. The summed E-state index contributed by atoms with van der Waals surface area (Å²) in [7, 11) is 0. The summed E-state index contributed by atoms with van der Waals surface area (Å²) in [5.74, 6) is -3.08. The van der Waals surface area contributed by atoms with Gasteiger partial charge in [0, 0.05) is 6.92 Å². The average Bonchev–Trinajstić information content (AvgIpc) is 2.84. The molecule has 0 saturated carbocycles. The van der Waals surface area contributed by atoms with E-state index in [0.29, 0.717) is 0 Å². The van der Waals surface area contributed by atoms with Crippen LogP contribution < -0.4 is 16.0 Å². The van der Waals surface area contributed by atoms with Crippen molar-refractivity contribution in [3.8, 4) is 0 Å². The van der Waals surface area contributed by atoms with E-state index in [9.17, 15) is 19.5 Å². The Morgan fingerprint density at radius 1 is 1.22 bits per heavy atom. The van der Waals surface area contributed by atoms with Crippen LogP contribution in [0.25, 0.3) is 0 Å². The lowest BCUT2D eigenvalue weighted by atomic mass is 9.84. The number of aliphatic hydroxyl groups is 1. The zero-order chi connectivity index (χ0) is 20.3. The third kappa shape index (κ3) is 2.92. The highest BCUT2D eigenvalue weighted by Gasteiger charge is 2.66. The second kappa shape index (κ2) is 5.99. The molecule has 0 spiro atoms. The van der Waals surface area contributed by atoms with Gasteiger partial charge < -0.3 is 35.3 Å². The number of aliphatic hydroxyl groups excluding tert-OH is 1. The Balaban J connectivity index is 2.00. The highest BCUT2D eigenvalue weighted by atomic mass is 16.8. The summed E-state index contributed by atoms with van der Waals surface area (Å²) in [6.45, 7) is 9.92. The molecule has 3 amide bonds. The molecule has 0 aromatic heterocycles. The number of ether oxygens (including phenoxy) is 3. The number of nitrogens with one attached hydrogen (secondary N) is 3. The Labute approximate surface area is 156 Å². The van der Waals surface area contributed by atoms with Crippen molar-refractivity contribution < 1.29 is 33.7 Å². The van der Waals surface area contributed by atoms with E-state index >= 15 is 0 Å². The maximum absolute atomic E-state index is 13.0. The molecule has 150 valence electrons. The number of rotatable bonds is 3. The number of hydrogen-bond donors (Lipinski definition) is 4.